The molecule has 0 aromatic heterocycles. The van der Waals surface area contributed by atoms with Crippen LogP contribution in [0.15, 0.2) is 30.4 Å². The number of benzene rings is 1. The number of nitrogens with one attached hydrogen (secondary N) is 1. The fourth-order valence-corrected chi connectivity index (χ4v) is 3.63. The van der Waals surface area contributed by atoms with Crippen molar-refractivity contribution < 1.29 is 17.5 Å². The van der Waals surface area contributed by atoms with Crippen LogP contribution >= 0.6 is 0 Å². The van der Waals surface area contributed by atoms with Gasteiger partial charge in [0.15, 0.2) is 11.6 Å². The van der Waals surface area contributed by atoms with Crippen molar-refractivity contribution in [3.05, 3.63) is 41.7 Å². The summed E-state index contributed by atoms with van der Waals surface area (Å²) in [6, 6.07) is 4.48. The van der Waals surface area contributed by atoms with E-state index in [0.717, 1.165) is 12.8 Å². The van der Waals surface area contributed by atoms with E-state index in [9.17, 15) is 12.8 Å². The second kappa shape index (κ2) is 7.01. The molecule has 23 heavy (non-hydrogen) atoms. The number of hydrogen-bond acceptors (Lipinski definition) is 3. The molecule has 1 aliphatic rings. The van der Waals surface area contributed by atoms with Gasteiger partial charge in [-0.1, -0.05) is 18.2 Å². The first-order chi connectivity index (χ1) is 10.7. The van der Waals surface area contributed by atoms with E-state index in [-0.39, 0.29) is 11.5 Å². The molecule has 0 bridgehead atoms. The summed E-state index contributed by atoms with van der Waals surface area (Å²) in [5, 5.41) is 0. The lowest BCUT2D eigenvalue weighted by Gasteiger charge is -2.27. The van der Waals surface area contributed by atoms with Gasteiger partial charge in [0.25, 0.3) is 0 Å². The van der Waals surface area contributed by atoms with E-state index in [1.807, 2.05) is 0 Å². The Morgan fingerprint density at radius 2 is 2.09 bits per heavy atom. The highest BCUT2D eigenvalue weighted by molar-refractivity contribution is 7.89. The Kier molecular flexibility index (Phi) is 5.47. The normalized spacial score (nSPS) is 16.0. The van der Waals surface area contributed by atoms with E-state index in [0.29, 0.717) is 18.1 Å². The Morgan fingerprint density at radius 1 is 1.39 bits per heavy atom. The van der Waals surface area contributed by atoms with Gasteiger partial charge in [-0.15, -0.1) is 0 Å². The highest BCUT2D eigenvalue weighted by atomic mass is 32.2. The molecule has 1 aromatic rings. The van der Waals surface area contributed by atoms with Crippen molar-refractivity contribution in [2.75, 3.05) is 12.4 Å². The molecular formula is C17H24FNO3S. The van der Waals surface area contributed by atoms with E-state index in [2.05, 4.69) is 4.72 Å². The average Bonchev–Trinajstić information content (AvgIpc) is 3.27. The second-order valence-electron chi connectivity index (χ2n) is 6.48. The number of ether oxygens (including phenoxy) is 1. The number of sulfonamides is 1. The molecule has 128 valence electrons. The van der Waals surface area contributed by atoms with Crippen LogP contribution in [0.5, 0.6) is 5.75 Å². The Bertz CT molecular complexity index is 679. The molecule has 1 saturated carbocycles. The third-order valence-electron chi connectivity index (χ3n) is 3.79. The predicted octanol–water partition coefficient (Wildman–Crippen LogP) is 3.35. The summed E-state index contributed by atoms with van der Waals surface area (Å²) in [7, 11) is -3.46. The molecule has 1 N–H and O–H groups in total. The Morgan fingerprint density at radius 3 is 2.70 bits per heavy atom. The summed E-state index contributed by atoms with van der Waals surface area (Å²) in [5.74, 6) is 0.182. The minimum atomic E-state index is -3.46. The first-order valence-corrected chi connectivity index (χ1v) is 9.44. The first kappa shape index (κ1) is 17.9. The standard InChI is InChI=1S/C17H24FNO3S/c1-4-5-10-23(20,21)19-17(2,3)14-8-9-15(18)16(11-14)22-12-13-6-7-13/h4-5,8-9,11,13,19H,6-7,10,12H2,1-3H3/b5-4+. The lowest BCUT2D eigenvalue weighted by molar-refractivity contribution is 0.284. The smallest absolute Gasteiger partial charge is 0.215 e. The van der Waals surface area contributed by atoms with Crippen LogP contribution in [0.4, 0.5) is 4.39 Å². The molecule has 0 amide bonds. The summed E-state index contributed by atoms with van der Waals surface area (Å²) >= 11 is 0. The number of hydrogen-bond donors (Lipinski definition) is 1. The molecule has 0 radical (unpaired) electrons. The molecule has 0 unspecified atom stereocenters. The SMILES string of the molecule is C/C=C/CS(=O)(=O)NC(C)(C)c1ccc(F)c(OCC2CC2)c1. The van der Waals surface area contributed by atoms with Gasteiger partial charge in [-0.25, -0.2) is 17.5 Å². The van der Waals surface area contributed by atoms with Crippen molar-refractivity contribution in [1.82, 2.24) is 4.72 Å². The molecule has 4 nitrogen and oxygen atoms in total. The largest absolute Gasteiger partial charge is 0.490 e. The van der Waals surface area contributed by atoms with Crippen molar-refractivity contribution in [1.29, 1.82) is 0 Å². The van der Waals surface area contributed by atoms with Crippen molar-refractivity contribution >= 4 is 10.0 Å². The minimum Gasteiger partial charge on any atom is -0.490 e. The van der Waals surface area contributed by atoms with Gasteiger partial charge in [-0.2, -0.15) is 0 Å². The maximum absolute atomic E-state index is 13.9. The average molecular weight is 341 g/mol. The zero-order valence-corrected chi connectivity index (χ0v) is 14.6. The van der Waals surface area contributed by atoms with Crippen LogP contribution in [0.25, 0.3) is 0 Å². The molecule has 1 aromatic carbocycles. The highest BCUT2D eigenvalue weighted by Crippen LogP contribution is 2.32. The van der Waals surface area contributed by atoms with E-state index >= 15 is 0 Å². The van der Waals surface area contributed by atoms with E-state index in [4.69, 9.17) is 4.74 Å². The third kappa shape index (κ3) is 5.32. The zero-order valence-electron chi connectivity index (χ0n) is 13.8. The van der Waals surface area contributed by atoms with Crippen LogP contribution in [0.1, 0.15) is 39.2 Å². The fraction of sp³-hybridized carbons (Fsp3) is 0.529. The molecule has 2 rings (SSSR count). The maximum Gasteiger partial charge on any atom is 0.215 e. The summed E-state index contributed by atoms with van der Waals surface area (Å²) in [5.41, 5.74) is -0.194. The lowest BCUT2D eigenvalue weighted by atomic mass is 9.95. The van der Waals surface area contributed by atoms with Crippen LogP contribution in [-0.2, 0) is 15.6 Å². The lowest BCUT2D eigenvalue weighted by Crippen LogP contribution is -2.41. The maximum atomic E-state index is 13.9. The number of rotatable bonds is 8. The monoisotopic (exact) mass is 341 g/mol. The third-order valence-corrected chi connectivity index (χ3v) is 5.24. The molecular weight excluding hydrogens is 317 g/mol. The predicted molar refractivity (Wildman–Crippen MR) is 89.4 cm³/mol. The van der Waals surface area contributed by atoms with Gasteiger partial charge >= 0.3 is 0 Å². The quantitative estimate of drug-likeness (QED) is 0.738. The van der Waals surface area contributed by atoms with Crippen molar-refractivity contribution in [2.45, 2.75) is 39.2 Å². The number of allylic oxidation sites excluding steroid dienone is 1. The molecule has 0 aliphatic heterocycles. The summed E-state index contributed by atoms with van der Waals surface area (Å²) in [6.07, 6.45) is 5.51. The van der Waals surface area contributed by atoms with Crippen molar-refractivity contribution in [2.24, 2.45) is 5.92 Å². The molecule has 0 heterocycles. The van der Waals surface area contributed by atoms with Crippen molar-refractivity contribution in [3.8, 4) is 5.75 Å². The second-order valence-corrected chi connectivity index (χ2v) is 8.24. The van der Waals surface area contributed by atoms with Gasteiger partial charge in [0.1, 0.15) is 0 Å². The van der Waals surface area contributed by atoms with Gasteiger partial charge in [0, 0.05) is 0 Å². The Balaban J connectivity index is 2.15. The molecule has 0 spiro atoms. The first-order valence-electron chi connectivity index (χ1n) is 7.79. The van der Waals surface area contributed by atoms with Crippen molar-refractivity contribution in [3.63, 3.8) is 0 Å². The molecule has 1 aliphatic carbocycles. The van der Waals surface area contributed by atoms with E-state index < -0.39 is 21.4 Å². The van der Waals surface area contributed by atoms with Crippen LogP contribution in [-0.4, -0.2) is 20.8 Å². The van der Waals surface area contributed by atoms with Gasteiger partial charge in [-0.3, -0.25) is 0 Å². The van der Waals surface area contributed by atoms with Crippen LogP contribution in [0.2, 0.25) is 0 Å². The molecule has 6 heteroatoms. The van der Waals surface area contributed by atoms with Gasteiger partial charge in [0.2, 0.25) is 10.0 Å². The molecule has 0 atom stereocenters. The van der Waals surface area contributed by atoms with Gasteiger partial charge in [-0.05, 0) is 57.2 Å². The minimum absolute atomic E-state index is 0.0842. The van der Waals surface area contributed by atoms with Gasteiger partial charge in [0.05, 0.1) is 17.9 Å². The van der Waals surface area contributed by atoms with E-state index in [1.54, 1.807) is 45.1 Å². The summed E-state index contributed by atoms with van der Waals surface area (Å²) in [4.78, 5) is 0. The highest BCUT2D eigenvalue weighted by Gasteiger charge is 2.28. The van der Waals surface area contributed by atoms with Gasteiger partial charge < -0.3 is 4.74 Å². The topological polar surface area (TPSA) is 55.4 Å². The van der Waals surface area contributed by atoms with E-state index in [1.165, 1.54) is 6.07 Å². The summed E-state index contributed by atoms with van der Waals surface area (Å²) in [6.45, 7) is 5.77. The van der Waals surface area contributed by atoms with Crippen LogP contribution in [0.3, 0.4) is 0 Å². The molecule has 1 fully saturated rings. The van der Waals surface area contributed by atoms with Crippen LogP contribution < -0.4 is 9.46 Å². The summed E-state index contributed by atoms with van der Waals surface area (Å²) < 4.78 is 46.2. The zero-order chi connectivity index (χ0) is 17.1. The Labute approximate surface area is 137 Å². The van der Waals surface area contributed by atoms with Crippen LogP contribution in [0, 0.1) is 11.7 Å². The fourth-order valence-electron chi connectivity index (χ4n) is 2.21. The molecule has 0 saturated heterocycles. The Hall–Kier alpha value is -1.40. The number of halogens is 1.